The van der Waals surface area contributed by atoms with E-state index in [0.717, 1.165) is 5.52 Å². The van der Waals surface area contributed by atoms with E-state index in [1.54, 1.807) is 28.9 Å². The number of ether oxygens (including phenoxy) is 1. The maximum absolute atomic E-state index is 14.6. The number of alkyl halides is 1. The molecular formula is C20H21FN4O3. The fourth-order valence-electron chi connectivity index (χ4n) is 4.06. The second-order valence-electron chi connectivity index (χ2n) is 7.21. The molecule has 3 heterocycles. The zero-order valence-corrected chi connectivity index (χ0v) is 15.6. The zero-order chi connectivity index (χ0) is 20.1. The van der Waals surface area contributed by atoms with Crippen molar-refractivity contribution in [3.63, 3.8) is 0 Å². The largest absolute Gasteiger partial charge is 0.491 e. The summed E-state index contributed by atoms with van der Waals surface area (Å²) in [5.74, 6) is -1.15. The van der Waals surface area contributed by atoms with Gasteiger partial charge in [-0.3, -0.25) is 14.0 Å². The van der Waals surface area contributed by atoms with Crippen molar-refractivity contribution < 1.29 is 18.7 Å². The molecule has 28 heavy (non-hydrogen) atoms. The summed E-state index contributed by atoms with van der Waals surface area (Å²) < 4.78 is 22.4. The first-order chi connectivity index (χ1) is 13.3. The van der Waals surface area contributed by atoms with Crippen molar-refractivity contribution in [3.05, 3.63) is 42.2 Å². The molecule has 7 nitrogen and oxygen atoms in total. The number of carbonyl (C=O) groups excluding carboxylic acids is 2. The molecule has 1 saturated heterocycles. The maximum Gasteiger partial charge on any atom is 0.258 e. The van der Waals surface area contributed by atoms with Gasteiger partial charge in [-0.1, -0.05) is 13.0 Å². The molecule has 0 unspecified atom stereocenters. The molecule has 146 valence electrons. The zero-order valence-electron chi connectivity index (χ0n) is 15.6. The Kier molecular flexibility index (Phi) is 4.21. The van der Waals surface area contributed by atoms with E-state index in [1.807, 2.05) is 19.1 Å². The number of nitrogens with zero attached hydrogens (tertiary/aromatic N) is 2. The van der Waals surface area contributed by atoms with E-state index < -0.39 is 29.4 Å². The highest BCUT2D eigenvalue weighted by atomic mass is 19.1. The third-order valence-electron chi connectivity index (χ3n) is 5.54. The van der Waals surface area contributed by atoms with Crippen molar-refractivity contribution in [3.8, 4) is 5.75 Å². The van der Waals surface area contributed by atoms with E-state index in [1.165, 1.54) is 6.92 Å². The standard InChI is InChI=1S/C20H21FN4O3/c1-3-13-14(24-19(27)20(13,2)21)10-28-16-6-4-5-15-11(16)9-12(17(22)26)18-23-7-8-25(15)18/h4-9,13-14H,3,10H2,1-2H3,(H2,22,26)(H,24,27)/t13-,14+,20-/m0/s1. The van der Waals surface area contributed by atoms with Crippen LogP contribution in [0.25, 0.3) is 16.6 Å². The fraction of sp³-hybridized carbons (Fsp3) is 0.350. The number of rotatable bonds is 5. The van der Waals surface area contributed by atoms with Crippen LogP contribution in [-0.2, 0) is 4.79 Å². The lowest BCUT2D eigenvalue weighted by Crippen LogP contribution is -2.35. The average Bonchev–Trinajstić information content (AvgIpc) is 3.22. The van der Waals surface area contributed by atoms with Crippen molar-refractivity contribution in [2.24, 2.45) is 11.7 Å². The highest BCUT2D eigenvalue weighted by Crippen LogP contribution is 2.35. The lowest BCUT2D eigenvalue weighted by Gasteiger charge is -2.23. The van der Waals surface area contributed by atoms with Gasteiger partial charge >= 0.3 is 0 Å². The van der Waals surface area contributed by atoms with Crippen LogP contribution in [0.4, 0.5) is 4.39 Å². The minimum atomic E-state index is -1.91. The van der Waals surface area contributed by atoms with Gasteiger partial charge in [0, 0.05) is 23.7 Å². The van der Waals surface area contributed by atoms with Crippen LogP contribution >= 0.6 is 0 Å². The molecular weight excluding hydrogens is 363 g/mol. The molecule has 2 aromatic heterocycles. The van der Waals surface area contributed by atoms with E-state index in [-0.39, 0.29) is 12.2 Å². The van der Waals surface area contributed by atoms with Crippen molar-refractivity contribution in [1.29, 1.82) is 0 Å². The normalized spacial score (nSPS) is 24.6. The van der Waals surface area contributed by atoms with Gasteiger partial charge in [0.2, 0.25) is 0 Å². The summed E-state index contributed by atoms with van der Waals surface area (Å²) in [5.41, 5.74) is 5.15. The molecule has 0 aliphatic carbocycles. The summed E-state index contributed by atoms with van der Waals surface area (Å²) in [4.78, 5) is 28.0. The van der Waals surface area contributed by atoms with E-state index in [9.17, 15) is 14.0 Å². The molecule has 1 aromatic carbocycles. The monoisotopic (exact) mass is 384 g/mol. The molecule has 3 atom stereocenters. The van der Waals surface area contributed by atoms with Gasteiger partial charge in [-0.2, -0.15) is 0 Å². The molecule has 0 saturated carbocycles. The van der Waals surface area contributed by atoms with Crippen molar-refractivity contribution >= 4 is 28.4 Å². The van der Waals surface area contributed by atoms with E-state index in [0.29, 0.717) is 23.2 Å². The SMILES string of the molecule is CC[C@H]1[C@@H](COc2cccc3c2cc(C(N)=O)c2nccn23)NC(=O)[C@@]1(C)F. The average molecular weight is 384 g/mol. The predicted molar refractivity (Wildman–Crippen MR) is 102 cm³/mol. The third kappa shape index (κ3) is 2.67. The molecule has 3 aromatic rings. The number of hydrogen-bond acceptors (Lipinski definition) is 4. The number of hydrogen-bond donors (Lipinski definition) is 2. The number of halogens is 1. The number of pyridine rings is 1. The summed E-state index contributed by atoms with van der Waals surface area (Å²) in [6, 6.07) is 6.69. The van der Waals surface area contributed by atoms with Crippen LogP contribution in [0, 0.1) is 5.92 Å². The minimum absolute atomic E-state index is 0.122. The predicted octanol–water partition coefficient (Wildman–Crippen LogP) is 2.22. The molecule has 8 heteroatoms. The topological polar surface area (TPSA) is 98.7 Å². The van der Waals surface area contributed by atoms with Gasteiger partial charge in [0.15, 0.2) is 5.67 Å². The molecule has 0 radical (unpaired) electrons. The number of benzene rings is 1. The third-order valence-corrected chi connectivity index (χ3v) is 5.54. The lowest BCUT2D eigenvalue weighted by molar-refractivity contribution is -0.129. The quantitative estimate of drug-likeness (QED) is 0.705. The van der Waals surface area contributed by atoms with E-state index in [4.69, 9.17) is 10.5 Å². The molecule has 2 amide bonds. The van der Waals surface area contributed by atoms with Gasteiger partial charge < -0.3 is 15.8 Å². The Labute approximate surface area is 160 Å². The Bertz CT molecular complexity index is 1090. The Hall–Kier alpha value is -3.16. The van der Waals surface area contributed by atoms with E-state index in [2.05, 4.69) is 10.3 Å². The lowest BCUT2D eigenvalue weighted by atomic mass is 9.87. The first kappa shape index (κ1) is 18.2. The van der Waals surface area contributed by atoms with Crippen LogP contribution in [0.15, 0.2) is 36.7 Å². The molecule has 1 fully saturated rings. The first-order valence-corrected chi connectivity index (χ1v) is 9.15. The number of amides is 2. The smallest absolute Gasteiger partial charge is 0.258 e. The number of carbonyl (C=O) groups is 2. The molecule has 0 spiro atoms. The summed E-state index contributed by atoms with van der Waals surface area (Å²) in [7, 11) is 0. The van der Waals surface area contributed by atoms with Gasteiger partial charge in [0.25, 0.3) is 11.8 Å². The molecule has 1 aliphatic rings. The first-order valence-electron chi connectivity index (χ1n) is 9.15. The number of fused-ring (bicyclic) bond motifs is 3. The minimum Gasteiger partial charge on any atom is -0.491 e. The second-order valence-corrected chi connectivity index (χ2v) is 7.21. The van der Waals surface area contributed by atoms with Crippen LogP contribution in [0.5, 0.6) is 5.75 Å². The molecule has 1 aliphatic heterocycles. The van der Waals surface area contributed by atoms with Crippen molar-refractivity contribution in [2.75, 3.05) is 6.61 Å². The molecule has 4 rings (SSSR count). The van der Waals surface area contributed by atoms with E-state index >= 15 is 0 Å². The highest BCUT2D eigenvalue weighted by Gasteiger charge is 2.51. The van der Waals surface area contributed by atoms with Crippen LogP contribution in [-0.4, -0.2) is 39.5 Å². The maximum atomic E-state index is 14.6. The number of aromatic nitrogens is 2. The van der Waals surface area contributed by atoms with Crippen LogP contribution in [0.2, 0.25) is 0 Å². The van der Waals surface area contributed by atoms with Gasteiger partial charge in [0.1, 0.15) is 18.0 Å². The summed E-state index contributed by atoms with van der Waals surface area (Å²) >= 11 is 0. The number of nitrogens with two attached hydrogens (primary N) is 1. The van der Waals surface area contributed by atoms with Gasteiger partial charge in [-0.25, -0.2) is 9.37 Å². The Balaban J connectivity index is 1.71. The molecule has 0 bridgehead atoms. The Morgan fingerprint density at radius 1 is 1.46 bits per heavy atom. The summed E-state index contributed by atoms with van der Waals surface area (Å²) in [6.07, 6.45) is 3.85. The Morgan fingerprint density at radius 3 is 2.96 bits per heavy atom. The summed E-state index contributed by atoms with van der Waals surface area (Å²) in [5, 5.41) is 3.37. The van der Waals surface area contributed by atoms with Gasteiger partial charge in [-0.05, 0) is 31.5 Å². The number of imidazole rings is 1. The molecule has 3 N–H and O–H groups in total. The van der Waals surface area contributed by atoms with Crippen molar-refractivity contribution in [1.82, 2.24) is 14.7 Å². The van der Waals surface area contributed by atoms with Gasteiger partial charge in [0.05, 0.1) is 17.1 Å². The fourth-order valence-corrected chi connectivity index (χ4v) is 4.06. The number of primary amides is 1. The van der Waals surface area contributed by atoms with Crippen LogP contribution in [0.1, 0.15) is 30.6 Å². The van der Waals surface area contributed by atoms with Gasteiger partial charge in [-0.15, -0.1) is 0 Å². The van der Waals surface area contributed by atoms with Crippen LogP contribution in [0.3, 0.4) is 0 Å². The van der Waals surface area contributed by atoms with Crippen LogP contribution < -0.4 is 15.8 Å². The summed E-state index contributed by atoms with van der Waals surface area (Å²) in [6.45, 7) is 3.28. The highest BCUT2D eigenvalue weighted by molar-refractivity contribution is 6.03. The second kappa shape index (κ2) is 6.47. The number of nitrogens with one attached hydrogen (secondary N) is 1. The van der Waals surface area contributed by atoms with Crippen molar-refractivity contribution in [2.45, 2.75) is 32.0 Å². The Morgan fingerprint density at radius 2 is 2.25 bits per heavy atom.